The van der Waals surface area contributed by atoms with Gasteiger partial charge in [0.2, 0.25) is 0 Å². The maximum atomic E-state index is 13.3. The number of nitrogens with zero attached hydrogens (tertiary/aromatic N) is 3. The van der Waals surface area contributed by atoms with E-state index < -0.39 is 43.1 Å². The molecule has 0 aromatic rings. The highest BCUT2D eigenvalue weighted by Crippen LogP contribution is 2.83. The van der Waals surface area contributed by atoms with Gasteiger partial charge in [0.25, 0.3) is 0 Å². The van der Waals surface area contributed by atoms with Gasteiger partial charge in [0, 0.05) is 11.7 Å². The lowest BCUT2D eigenvalue weighted by Crippen LogP contribution is -2.12. The normalized spacial score (nSPS) is 38.1. The van der Waals surface area contributed by atoms with E-state index >= 15 is 0 Å². The molecule has 0 radical (unpaired) electrons. The van der Waals surface area contributed by atoms with Crippen molar-refractivity contribution in [3.63, 3.8) is 0 Å². The Hall–Kier alpha value is -0.180. The van der Waals surface area contributed by atoms with E-state index in [9.17, 15) is 21.4 Å². The molecule has 1 spiro atoms. The fourth-order valence-electron chi connectivity index (χ4n) is 1.86. The summed E-state index contributed by atoms with van der Waals surface area (Å²) < 4.78 is 83.5. The molecule has 0 N–H and O–H groups in total. The zero-order chi connectivity index (χ0) is 16.1. The Labute approximate surface area is 123 Å². The van der Waals surface area contributed by atoms with E-state index in [1.54, 1.807) is 18.2 Å². The third-order valence-electron chi connectivity index (χ3n) is 2.70. The van der Waals surface area contributed by atoms with Crippen LogP contribution < -0.4 is 0 Å². The molecule has 122 valence electrons. The first-order chi connectivity index (χ1) is 10.1. The lowest BCUT2D eigenvalue weighted by atomic mass is 10.4. The summed E-state index contributed by atoms with van der Waals surface area (Å²) in [6, 6.07) is 0. The highest BCUT2D eigenvalue weighted by Gasteiger charge is 2.45. The fraction of sp³-hybridized carbons (Fsp3) is 0.375. The van der Waals surface area contributed by atoms with Gasteiger partial charge in [-0.05, 0) is 6.08 Å². The topological polar surface area (TPSA) is 72.6 Å². The van der Waals surface area contributed by atoms with Gasteiger partial charge in [0.05, 0.1) is 0 Å². The van der Waals surface area contributed by atoms with Crippen molar-refractivity contribution in [2.45, 2.75) is 0 Å². The van der Waals surface area contributed by atoms with Crippen LogP contribution in [0, 0.1) is 0 Å². The van der Waals surface area contributed by atoms with Crippen LogP contribution in [0.3, 0.4) is 0 Å². The van der Waals surface area contributed by atoms with Crippen molar-refractivity contribution in [3.8, 4) is 0 Å². The van der Waals surface area contributed by atoms with Gasteiger partial charge in [-0.3, -0.25) is 9.05 Å². The fourth-order valence-corrected chi connectivity index (χ4v) is 11.3. The molecule has 6 nitrogen and oxygen atoms in total. The van der Waals surface area contributed by atoms with Crippen molar-refractivity contribution in [1.29, 1.82) is 0 Å². The average Bonchev–Trinajstić information content (AvgIpc) is 2.82. The quantitative estimate of drug-likeness (QED) is 0.297. The van der Waals surface area contributed by atoms with Crippen LogP contribution in [-0.4, -0.2) is 18.9 Å². The van der Waals surface area contributed by atoms with Crippen molar-refractivity contribution in [2.24, 2.45) is 13.5 Å². The van der Waals surface area contributed by atoms with Gasteiger partial charge < -0.3 is 4.57 Å². The smallest absolute Gasteiger partial charge is 0.318 e. The molecular formula is C8H9F4N3O3P4. The lowest BCUT2D eigenvalue weighted by Gasteiger charge is -2.31. The van der Waals surface area contributed by atoms with Crippen LogP contribution in [0.15, 0.2) is 43.1 Å². The van der Waals surface area contributed by atoms with Gasteiger partial charge in [-0.1, -0.05) is 12.2 Å². The van der Waals surface area contributed by atoms with Crippen molar-refractivity contribution >= 4 is 30.5 Å². The Morgan fingerprint density at radius 1 is 1.09 bits per heavy atom. The molecular weight excluding hydrogens is 386 g/mol. The first kappa shape index (κ1) is 16.7. The summed E-state index contributed by atoms with van der Waals surface area (Å²) in [5.41, 5.74) is 3.49. The Kier molecular flexibility index (Phi) is 4.11. The van der Waals surface area contributed by atoms with E-state index in [1.807, 2.05) is 0 Å². The van der Waals surface area contributed by atoms with Gasteiger partial charge in [-0.25, -0.2) is 0 Å². The zero-order valence-electron chi connectivity index (χ0n) is 10.7. The molecule has 0 atom stereocenters. The molecule has 3 aliphatic rings. The molecule has 0 amide bonds. The standard InChI is InChI=1S/C8H9F4N3O3P4/c9-20(10)13-21(11,12)15-22(14-20)17-6-19(16,7-18-22)5-8-3-1-2-4-8/h1-3H,5-7H2. The van der Waals surface area contributed by atoms with Crippen LogP contribution in [0.4, 0.5) is 16.8 Å². The molecule has 0 bridgehead atoms. The molecule has 0 aromatic carbocycles. The summed E-state index contributed by atoms with van der Waals surface area (Å²) in [4.78, 5) is 0. The second kappa shape index (κ2) is 5.43. The summed E-state index contributed by atoms with van der Waals surface area (Å²) in [5.74, 6) is 0. The molecule has 0 saturated carbocycles. The highest BCUT2D eigenvalue weighted by atomic mass is 31.3. The first-order valence-corrected chi connectivity index (χ1v) is 12.5. The minimum Gasteiger partial charge on any atom is -0.318 e. The maximum Gasteiger partial charge on any atom is 0.425 e. The third-order valence-corrected chi connectivity index (χ3v) is 11.4. The van der Waals surface area contributed by atoms with Gasteiger partial charge in [0.15, 0.2) is 0 Å². The summed E-state index contributed by atoms with van der Waals surface area (Å²) >= 11 is 0. The molecule has 3 rings (SSSR count). The molecule has 2 aliphatic heterocycles. The maximum absolute atomic E-state index is 13.3. The molecule has 0 aromatic heterocycles. The van der Waals surface area contributed by atoms with E-state index in [0.717, 1.165) is 0 Å². The minimum absolute atomic E-state index is 0.0848. The molecule has 1 aliphatic carbocycles. The molecule has 1 saturated heterocycles. The van der Waals surface area contributed by atoms with Crippen molar-refractivity contribution in [3.05, 3.63) is 29.5 Å². The molecule has 14 heteroatoms. The molecule has 22 heavy (non-hydrogen) atoms. The van der Waals surface area contributed by atoms with Crippen molar-refractivity contribution in [1.82, 2.24) is 0 Å². The number of hydrogen-bond acceptors (Lipinski definition) is 6. The Morgan fingerprint density at radius 3 is 2.27 bits per heavy atom. The zero-order valence-corrected chi connectivity index (χ0v) is 14.3. The second-order valence-electron chi connectivity index (χ2n) is 4.60. The number of halogens is 4. The van der Waals surface area contributed by atoms with E-state index in [-0.39, 0.29) is 6.16 Å². The van der Waals surface area contributed by atoms with E-state index in [1.165, 1.54) is 0 Å². The van der Waals surface area contributed by atoms with Crippen molar-refractivity contribution < 1.29 is 30.4 Å². The minimum atomic E-state index is -5.53. The van der Waals surface area contributed by atoms with Crippen LogP contribution in [0.1, 0.15) is 0 Å². The summed E-state index contributed by atoms with van der Waals surface area (Å²) in [6.45, 7) is 0. The van der Waals surface area contributed by atoms with E-state index in [0.29, 0.717) is 5.57 Å². The van der Waals surface area contributed by atoms with Gasteiger partial charge in [-0.2, -0.15) is 0 Å². The molecule has 2 heterocycles. The van der Waals surface area contributed by atoms with Crippen LogP contribution >= 0.6 is 30.5 Å². The Bertz CT molecular complexity index is 808. The predicted molar refractivity (Wildman–Crippen MR) is 77.6 cm³/mol. The van der Waals surface area contributed by atoms with Crippen molar-refractivity contribution in [2.75, 3.05) is 18.9 Å². The summed E-state index contributed by atoms with van der Waals surface area (Å²) in [7, 11) is -18.2. The van der Waals surface area contributed by atoms with E-state index in [2.05, 4.69) is 19.3 Å². The summed E-state index contributed by atoms with van der Waals surface area (Å²) in [6.07, 6.45) is 4.14. The predicted octanol–water partition coefficient (Wildman–Crippen LogP) is 6.69. The van der Waals surface area contributed by atoms with Crippen LogP contribution in [0.2, 0.25) is 0 Å². The SMILES string of the molecule is O=P1(CC2=C=CC=C2)COP2(=NP(F)(F)=NP(F)(F)=N2)OC1. The molecule has 1 fully saturated rings. The average molecular weight is 395 g/mol. The first-order valence-electron chi connectivity index (χ1n) is 5.80. The molecule has 0 unspecified atom stereocenters. The summed E-state index contributed by atoms with van der Waals surface area (Å²) in [5, 5.41) is 0. The monoisotopic (exact) mass is 395 g/mol. The number of hydrogen-bond donors (Lipinski definition) is 0. The lowest BCUT2D eigenvalue weighted by molar-refractivity contribution is 0.267. The van der Waals surface area contributed by atoms with Gasteiger partial charge in [0.1, 0.15) is 19.8 Å². The Morgan fingerprint density at radius 2 is 1.73 bits per heavy atom. The second-order valence-corrected chi connectivity index (χ2v) is 13.0. The largest absolute Gasteiger partial charge is 0.425 e. The van der Waals surface area contributed by atoms with Gasteiger partial charge >= 0.3 is 23.3 Å². The van der Waals surface area contributed by atoms with E-state index in [4.69, 9.17) is 9.05 Å². The van der Waals surface area contributed by atoms with Gasteiger partial charge in [-0.15, -0.1) is 36.1 Å². The van der Waals surface area contributed by atoms with Crippen LogP contribution in [0.5, 0.6) is 0 Å². The third kappa shape index (κ3) is 3.66. The van der Waals surface area contributed by atoms with Crippen LogP contribution in [-0.2, 0) is 13.6 Å². The number of allylic oxidation sites excluding steroid dienone is 3. The highest BCUT2D eigenvalue weighted by molar-refractivity contribution is 7.78. The van der Waals surface area contributed by atoms with Crippen LogP contribution in [0.25, 0.3) is 0 Å². The Balaban J connectivity index is 1.85. The number of rotatable bonds is 2.